The van der Waals surface area contributed by atoms with Gasteiger partial charge in [-0.2, -0.15) is 0 Å². The molecule has 0 aromatic heterocycles. The molecule has 0 aliphatic carbocycles. The van der Waals surface area contributed by atoms with Crippen LogP contribution in [0.3, 0.4) is 0 Å². The lowest BCUT2D eigenvalue weighted by Gasteiger charge is -2.19. The van der Waals surface area contributed by atoms with Crippen molar-refractivity contribution in [2.24, 2.45) is 0 Å². The molecule has 0 spiro atoms. The van der Waals surface area contributed by atoms with Crippen molar-refractivity contribution in [1.29, 1.82) is 0 Å². The number of ether oxygens (including phenoxy) is 1. The Kier molecular flexibility index (Phi) is 7.86. The first-order valence-electron chi connectivity index (χ1n) is 9.82. The summed E-state index contributed by atoms with van der Waals surface area (Å²) in [5.74, 6) is 0.963. The monoisotopic (exact) mass is 368 g/mol. The Bertz CT molecular complexity index is 721. The zero-order valence-electron chi connectivity index (χ0n) is 17.2. The van der Waals surface area contributed by atoms with E-state index in [0.29, 0.717) is 5.92 Å². The maximum Gasteiger partial charge on any atom is 0.265 e. The smallest absolute Gasteiger partial charge is 0.265 e. The van der Waals surface area contributed by atoms with Crippen LogP contribution >= 0.6 is 0 Å². The van der Waals surface area contributed by atoms with Crippen molar-refractivity contribution in [2.45, 2.75) is 53.2 Å². The summed E-state index contributed by atoms with van der Waals surface area (Å²) in [5, 5.41) is 2.94. The second-order valence-electron chi connectivity index (χ2n) is 7.10. The second-order valence-corrected chi connectivity index (χ2v) is 7.10. The fourth-order valence-corrected chi connectivity index (χ4v) is 2.95. The van der Waals surface area contributed by atoms with Gasteiger partial charge in [0.15, 0.2) is 6.10 Å². The van der Waals surface area contributed by atoms with Crippen molar-refractivity contribution in [3.05, 3.63) is 59.7 Å². The van der Waals surface area contributed by atoms with Crippen molar-refractivity contribution < 1.29 is 9.53 Å². The highest BCUT2D eigenvalue weighted by Gasteiger charge is 2.17. The van der Waals surface area contributed by atoms with Gasteiger partial charge in [-0.05, 0) is 55.3 Å². The van der Waals surface area contributed by atoms with Crippen molar-refractivity contribution in [3.8, 4) is 5.75 Å². The third-order valence-electron chi connectivity index (χ3n) is 4.74. The molecule has 0 saturated heterocycles. The molecule has 2 aromatic carbocycles. The van der Waals surface area contributed by atoms with Crippen LogP contribution in [0.15, 0.2) is 48.5 Å². The number of benzene rings is 2. The summed E-state index contributed by atoms with van der Waals surface area (Å²) in [4.78, 5) is 14.9. The quantitative estimate of drug-likeness (QED) is 0.673. The molecule has 1 N–H and O–H groups in total. The van der Waals surface area contributed by atoms with Gasteiger partial charge in [-0.25, -0.2) is 0 Å². The Morgan fingerprint density at radius 3 is 2.22 bits per heavy atom. The zero-order chi connectivity index (χ0) is 19.8. The number of hydrogen-bond donors (Lipinski definition) is 1. The summed E-state index contributed by atoms with van der Waals surface area (Å²) >= 11 is 0. The maximum absolute atomic E-state index is 12.5. The van der Waals surface area contributed by atoms with Crippen LogP contribution in [0.1, 0.15) is 51.7 Å². The van der Waals surface area contributed by atoms with Gasteiger partial charge in [-0.15, -0.1) is 0 Å². The highest BCUT2D eigenvalue weighted by Crippen LogP contribution is 2.26. The fraction of sp³-hybridized carbons (Fsp3) is 0.435. The lowest BCUT2D eigenvalue weighted by molar-refractivity contribution is -0.122. The van der Waals surface area contributed by atoms with Crippen LogP contribution in [0.25, 0.3) is 0 Å². The van der Waals surface area contributed by atoms with Gasteiger partial charge in [-0.1, -0.05) is 58.0 Å². The molecule has 0 radical (unpaired) electrons. The molecule has 4 heteroatoms. The van der Waals surface area contributed by atoms with Crippen molar-refractivity contribution in [2.75, 3.05) is 18.4 Å². The number of hydrogen-bond acceptors (Lipinski definition) is 3. The van der Waals surface area contributed by atoms with Crippen molar-refractivity contribution in [1.82, 2.24) is 4.90 Å². The molecule has 0 aliphatic rings. The van der Waals surface area contributed by atoms with Gasteiger partial charge >= 0.3 is 0 Å². The Labute approximate surface area is 163 Å². The molecular formula is C23H32N2O2. The van der Waals surface area contributed by atoms with E-state index in [9.17, 15) is 4.79 Å². The number of nitrogens with one attached hydrogen (secondary N) is 1. The average Bonchev–Trinajstić information content (AvgIpc) is 2.67. The molecule has 0 heterocycles. The molecule has 1 amide bonds. The minimum absolute atomic E-state index is 0.148. The van der Waals surface area contributed by atoms with Crippen LogP contribution in [0, 0.1) is 0 Å². The maximum atomic E-state index is 12.5. The van der Waals surface area contributed by atoms with Crippen LogP contribution in [-0.4, -0.2) is 30.0 Å². The van der Waals surface area contributed by atoms with E-state index in [1.54, 1.807) is 6.92 Å². The molecule has 0 unspecified atom stereocenters. The Morgan fingerprint density at radius 2 is 1.63 bits per heavy atom. The van der Waals surface area contributed by atoms with Crippen LogP contribution in [0.2, 0.25) is 0 Å². The lowest BCUT2D eigenvalue weighted by atomic mass is 10.0. The third-order valence-corrected chi connectivity index (χ3v) is 4.74. The molecule has 27 heavy (non-hydrogen) atoms. The molecule has 146 valence electrons. The van der Waals surface area contributed by atoms with E-state index in [4.69, 9.17) is 4.74 Å². The van der Waals surface area contributed by atoms with Crippen LogP contribution in [0.5, 0.6) is 5.75 Å². The van der Waals surface area contributed by atoms with Crippen molar-refractivity contribution >= 4 is 11.6 Å². The highest BCUT2D eigenvalue weighted by molar-refractivity contribution is 5.94. The molecular weight excluding hydrogens is 336 g/mol. The average molecular weight is 369 g/mol. The number of anilines is 1. The van der Waals surface area contributed by atoms with Gasteiger partial charge < -0.3 is 10.1 Å². The van der Waals surface area contributed by atoms with E-state index < -0.39 is 6.10 Å². The molecule has 0 saturated carbocycles. The largest absolute Gasteiger partial charge is 0.481 e. The van der Waals surface area contributed by atoms with Gasteiger partial charge in [0.25, 0.3) is 5.91 Å². The van der Waals surface area contributed by atoms with Crippen molar-refractivity contribution in [3.63, 3.8) is 0 Å². The molecule has 0 bridgehead atoms. The van der Waals surface area contributed by atoms with E-state index in [2.05, 4.69) is 50.0 Å². The third kappa shape index (κ3) is 6.10. The minimum atomic E-state index is -0.569. The van der Waals surface area contributed by atoms with Gasteiger partial charge in [0.1, 0.15) is 5.75 Å². The number of nitrogens with zero attached hydrogens (tertiary/aromatic N) is 1. The lowest BCUT2D eigenvalue weighted by Crippen LogP contribution is -2.30. The summed E-state index contributed by atoms with van der Waals surface area (Å²) in [6.45, 7) is 13.3. The van der Waals surface area contributed by atoms with E-state index in [1.165, 1.54) is 5.56 Å². The second kappa shape index (κ2) is 10.1. The Morgan fingerprint density at radius 1 is 1.00 bits per heavy atom. The van der Waals surface area contributed by atoms with E-state index in [-0.39, 0.29) is 5.91 Å². The standard InChI is InChI=1S/C23H32N2O2/c1-6-25(7-2)16-19-12-14-20(15-13-19)24-23(26)18(5)27-22-11-9-8-10-21(22)17(3)4/h8-15,17-18H,6-7,16H2,1-5H3,(H,24,26)/t18-/m0/s1. The topological polar surface area (TPSA) is 41.6 Å². The van der Waals surface area contributed by atoms with Crippen LogP contribution in [-0.2, 0) is 11.3 Å². The highest BCUT2D eigenvalue weighted by atomic mass is 16.5. The summed E-state index contributed by atoms with van der Waals surface area (Å²) in [5.41, 5.74) is 3.14. The molecule has 4 nitrogen and oxygen atoms in total. The van der Waals surface area contributed by atoms with Crippen LogP contribution < -0.4 is 10.1 Å². The van der Waals surface area contributed by atoms with Crippen LogP contribution in [0.4, 0.5) is 5.69 Å². The normalized spacial score (nSPS) is 12.3. The summed E-state index contributed by atoms with van der Waals surface area (Å²) in [6.07, 6.45) is -0.569. The predicted molar refractivity (Wildman–Crippen MR) is 112 cm³/mol. The van der Waals surface area contributed by atoms with E-state index >= 15 is 0 Å². The Hall–Kier alpha value is -2.33. The first-order valence-corrected chi connectivity index (χ1v) is 9.82. The van der Waals surface area contributed by atoms with Gasteiger partial charge in [0.05, 0.1) is 0 Å². The zero-order valence-corrected chi connectivity index (χ0v) is 17.2. The number of amides is 1. The first-order chi connectivity index (χ1) is 12.9. The molecule has 1 atom stereocenters. The SMILES string of the molecule is CCN(CC)Cc1ccc(NC(=O)[C@H](C)Oc2ccccc2C(C)C)cc1. The van der Waals surface area contributed by atoms with E-state index in [1.807, 2.05) is 36.4 Å². The first kappa shape index (κ1) is 21.0. The predicted octanol–water partition coefficient (Wildman–Crippen LogP) is 5.06. The summed E-state index contributed by atoms with van der Waals surface area (Å²) in [7, 11) is 0. The number of carbonyl (C=O) groups is 1. The minimum Gasteiger partial charge on any atom is -0.481 e. The molecule has 2 rings (SSSR count). The summed E-state index contributed by atoms with van der Waals surface area (Å²) in [6, 6.07) is 15.9. The fourth-order valence-electron chi connectivity index (χ4n) is 2.95. The molecule has 0 fully saturated rings. The summed E-state index contributed by atoms with van der Waals surface area (Å²) < 4.78 is 5.93. The van der Waals surface area contributed by atoms with Gasteiger partial charge in [-0.3, -0.25) is 9.69 Å². The van der Waals surface area contributed by atoms with E-state index in [0.717, 1.165) is 36.6 Å². The van der Waals surface area contributed by atoms with Gasteiger partial charge in [0.2, 0.25) is 0 Å². The number of para-hydroxylation sites is 1. The number of carbonyl (C=O) groups excluding carboxylic acids is 1. The number of rotatable bonds is 9. The van der Waals surface area contributed by atoms with Gasteiger partial charge in [0, 0.05) is 12.2 Å². The Balaban J connectivity index is 1.96. The molecule has 0 aliphatic heterocycles. The molecule has 2 aromatic rings.